The number of H-pyrrole nitrogens is 2. The van der Waals surface area contributed by atoms with Crippen LogP contribution in [0.25, 0.3) is 0 Å². The zero-order valence-corrected chi connectivity index (χ0v) is 12.4. The zero-order valence-electron chi connectivity index (χ0n) is 12.4. The van der Waals surface area contributed by atoms with Crippen molar-refractivity contribution in [2.75, 3.05) is 11.9 Å². The van der Waals surface area contributed by atoms with Crippen LogP contribution in [0.2, 0.25) is 0 Å². The summed E-state index contributed by atoms with van der Waals surface area (Å²) in [4.78, 5) is 38.9. The normalized spacial score (nSPS) is 10.2. The smallest absolute Gasteiger partial charge is 0.287 e. The Hall–Kier alpha value is -3.63. The van der Waals surface area contributed by atoms with Crippen LogP contribution < -0.4 is 16.4 Å². The third kappa shape index (κ3) is 4.19. The fraction of sp³-hybridized carbons (Fsp3) is 0.154. The van der Waals surface area contributed by atoms with Crippen molar-refractivity contribution in [3.8, 4) is 0 Å². The van der Waals surface area contributed by atoms with Gasteiger partial charge in [0.05, 0.1) is 22.6 Å². The predicted octanol–water partition coefficient (Wildman–Crippen LogP) is 0.559. The molecule has 2 heterocycles. The number of nitro groups is 1. The Balaban J connectivity index is 1.95. The second-order valence-corrected chi connectivity index (χ2v) is 4.82. The molecule has 0 saturated carbocycles. The first-order valence-electron chi connectivity index (χ1n) is 6.80. The van der Waals surface area contributed by atoms with E-state index >= 15 is 0 Å². The first-order valence-corrected chi connectivity index (χ1v) is 6.80. The maximum atomic E-state index is 12.0. The Morgan fingerprint density at radius 1 is 1.21 bits per heavy atom. The van der Waals surface area contributed by atoms with Gasteiger partial charge in [0.15, 0.2) is 0 Å². The van der Waals surface area contributed by atoms with E-state index in [0.29, 0.717) is 5.69 Å². The van der Waals surface area contributed by atoms with E-state index in [1.54, 1.807) is 0 Å². The first-order chi connectivity index (χ1) is 11.4. The van der Waals surface area contributed by atoms with Crippen LogP contribution in [0.15, 0.2) is 24.5 Å². The summed E-state index contributed by atoms with van der Waals surface area (Å²) in [5.74, 6) is -1.02. The molecular formula is C13H15N7O4. The monoisotopic (exact) mass is 333 g/mol. The minimum atomic E-state index is -0.618. The van der Waals surface area contributed by atoms with Gasteiger partial charge in [0, 0.05) is 25.2 Å². The van der Waals surface area contributed by atoms with Crippen LogP contribution in [0.1, 0.15) is 27.4 Å². The molecule has 2 rings (SSSR count). The molecule has 0 spiro atoms. The molecule has 0 unspecified atom stereocenters. The number of nitrogens with two attached hydrogens (primary N) is 1. The van der Waals surface area contributed by atoms with Crippen molar-refractivity contribution in [1.29, 1.82) is 5.41 Å². The number of rotatable bonds is 7. The molecule has 126 valence electrons. The molecule has 2 aromatic heterocycles. The van der Waals surface area contributed by atoms with Gasteiger partial charge in [-0.3, -0.25) is 25.1 Å². The summed E-state index contributed by atoms with van der Waals surface area (Å²) in [5.41, 5.74) is 5.53. The molecule has 0 radical (unpaired) electrons. The number of carbonyl (C=O) groups is 2. The molecule has 0 aliphatic rings. The van der Waals surface area contributed by atoms with E-state index in [-0.39, 0.29) is 35.9 Å². The standard InChI is InChI=1S/C13H15N7O4/c14-11(15)1-2-16-12(21)9-3-7(5-17-9)19-13(22)10-4-8(6-18-10)20(23)24/h3-6,17-18H,1-2H2,(H3,14,15)(H,16,21)(H,19,22). The molecular weight excluding hydrogens is 318 g/mol. The second kappa shape index (κ2) is 7.09. The molecule has 24 heavy (non-hydrogen) atoms. The Kier molecular flexibility index (Phi) is 4.94. The van der Waals surface area contributed by atoms with Crippen molar-refractivity contribution >= 4 is 29.0 Å². The van der Waals surface area contributed by atoms with E-state index in [0.717, 1.165) is 12.3 Å². The molecule has 0 aliphatic carbocycles. The van der Waals surface area contributed by atoms with Crippen LogP contribution in [0, 0.1) is 15.5 Å². The van der Waals surface area contributed by atoms with Gasteiger partial charge in [-0.1, -0.05) is 0 Å². The van der Waals surface area contributed by atoms with Crippen molar-refractivity contribution in [2.45, 2.75) is 6.42 Å². The van der Waals surface area contributed by atoms with E-state index in [1.807, 2.05) is 0 Å². The van der Waals surface area contributed by atoms with Gasteiger partial charge in [-0.15, -0.1) is 0 Å². The molecule has 0 aromatic carbocycles. The van der Waals surface area contributed by atoms with Crippen molar-refractivity contribution < 1.29 is 14.5 Å². The van der Waals surface area contributed by atoms with Gasteiger partial charge in [0.25, 0.3) is 17.5 Å². The van der Waals surface area contributed by atoms with Crippen molar-refractivity contribution in [2.24, 2.45) is 5.73 Å². The number of carbonyl (C=O) groups excluding carboxylic acids is 2. The van der Waals surface area contributed by atoms with E-state index in [1.165, 1.54) is 12.3 Å². The van der Waals surface area contributed by atoms with Gasteiger partial charge in [-0.25, -0.2) is 0 Å². The number of amides is 2. The van der Waals surface area contributed by atoms with Crippen LogP contribution in [0.3, 0.4) is 0 Å². The topological polar surface area (TPSA) is 183 Å². The van der Waals surface area contributed by atoms with Gasteiger partial charge in [0.1, 0.15) is 11.4 Å². The van der Waals surface area contributed by atoms with Crippen LogP contribution in [-0.4, -0.2) is 39.1 Å². The molecule has 0 bridgehead atoms. The Morgan fingerprint density at radius 2 is 1.88 bits per heavy atom. The van der Waals surface area contributed by atoms with Gasteiger partial charge in [0.2, 0.25) is 0 Å². The number of amidine groups is 1. The molecule has 11 nitrogen and oxygen atoms in total. The molecule has 2 aromatic rings. The lowest BCUT2D eigenvalue weighted by Crippen LogP contribution is -2.27. The Morgan fingerprint density at radius 3 is 2.50 bits per heavy atom. The van der Waals surface area contributed by atoms with Crippen molar-refractivity contribution in [3.05, 3.63) is 46.0 Å². The van der Waals surface area contributed by atoms with Crippen LogP contribution >= 0.6 is 0 Å². The number of hydrogen-bond acceptors (Lipinski definition) is 5. The highest BCUT2D eigenvalue weighted by Gasteiger charge is 2.16. The number of hydrogen-bond donors (Lipinski definition) is 6. The fourth-order valence-corrected chi connectivity index (χ4v) is 1.82. The summed E-state index contributed by atoms with van der Waals surface area (Å²) in [7, 11) is 0. The second-order valence-electron chi connectivity index (χ2n) is 4.82. The number of nitrogens with one attached hydrogen (secondary N) is 5. The summed E-state index contributed by atoms with van der Waals surface area (Å²) >= 11 is 0. The van der Waals surface area contributed by atoms with Crippen molar-refractivity contribution in [1.82, 2.24) is 15.3 Å². The third-order valence-electron chi connectivity index (χ3n) is 2.99. The Bertz CT molecular complexity index is 792. The molecule has 11 heteroatoms. The number of aromatic amines is 2. The van der Waals surface area contributed by atoms with E-state index in [9.17, 15) is 19.7 Å². The highest BCUT2D eigenvalue weighted by molar-refractivity contribution is 6.04. The Labute approximate surface area is 135 Å². The maximum absolute atomic E-state index is 12.0. The quantitative estimate of drug-likeness (QED) is 0.187. The summed E-state index contributed by atoms with van der Waals surface area (Å²) in [6.07, 6.45) is 2.76. The largest absolute Gasteiger partial charge is 0.388 e. The van der Waals surface area contributed by atoms with Gasteiger partial charge >= 0.3 is 0 Å². The lowest BCUT2D eigenvalue weighted by Gasteiger charge is -2.02. The minimum Gasteiger partial charge on any atom is -0.388 e. The number of nitrogens with zero attached hydrogens (tertiary/aromatic N) is 1. The molecule has 0 aliphatic heterocycles. The van der Waals surface area contributed by atoms with Crippen LogP contribution in [0.5, 0.6) is 0 Å². The summed E-state index contributed by atoms with van der Waals surface area (Å²) in [6.45, 7) is 0.223. The first kappa shape index (κ1) is 16.7. The molecule has 0 fully saturated rings. The van der Waals surface area contributed by atoms with Crippen LogP contribution in [0.4, 0.5) is 11.4 Å². The summed E-state index contributed by atoms with van der Waals surface area (Å²) in [6, 6.07) is 2.52. The van der Waals surface area contributed by atoms with E-state index in [2.05, 4.69) is 20.6 Å². The molecule has 7 N–H and O–H groups in total. The average molecular weight is 333 g/mol. The zero-order chi connectivity index (χ0) is 17.7. The lowest BCUT2D eigenvalue weighted by molar-refractivity contribution is -0.384. The maximum Gasteiger partial charge on any atom is 0.287 e. The summed E-state index contributed by atoms with van der Waals surface area (Å²) < 4.78 is 0. The summed E-state index contributed by atoms with van der Waals surface area (Å²) in [5, 5.41) is 22.7. The SMILES string of the molecule is N=C(N)CCNC(=O)c1cc(NC(=O)c2cc([N+](=O)[O-])c[nH]2)c[nH]1. The number of anilines is 1. The van der Waals surface area contributed by atoms with E-state index < -0.39 is 16.7 Å². The van der Waals surface area contributed by atoms with Crippen molar-refractivity contribution in [3.63, 3.8) is 0 Å². The molecule has 0 atom stereocenters. The van der Waals surface area contributed by atoms with E-state index in [4.69, 9.17) is 11.1 Å². The number of aromatic nitrogens is 2. The van der Waals surface area contributed by atoms with Gasteiger partial charge in [-0.05, 0) is 6.07 Å². The molecule has 2 amide bonds. The third-order valence-corrected chi connectivity index (χ3v) is 2.99. The fourth-order valence-electron chi connectivity index (χ4n) is 1.82. The molecule has 0 saturated heterocycles. The minimum absolute atomic E-state index is 0.0235. The average Bonchev–Trinajstić information content (AvgIpc) is 3.15. The van der Waals surface area contributed by atoms with Gasteiger partial charge < -0.3 is 26.3 Å². The highest BCUT2D eigenvalue weighted by atomic mass is 16.6. The highest BCUT2D eigenvalue weighted by Crippen LogP contribution is 2.15. The van der Waals surface area contributed by atoms with Crippen LogP contribution in [-0.2, 0) is 0 Å². The van der Waals surface area contributed by atoms with Gasteiger partial charge in [-0.2, -0.15) is 0 Å². The lowest BCUT2D eigenvalue weighted by atomic mass is 10.3. The predicted molar refractivity (Wildman–Crippen MR) is 85.1 cm³/mol.